The van der Waals surface area contributed by atoms with Crippen LogP contribution in [-0.4, -0.2) is 31.3 Å². The number of alkyl halides is 3. The largest absolute Gasteiger partial charge is 0.451 e. The number of nitrogens with one attached hydrogen (secondary N) is 1. The second kappa shape index (κ2) is 7.91. The number of pyridine rings is 2. The number of rotatable bonds is 4. The summed E-state index contributed by atoms with van der Waals surface area (Å²) in [5.74, 6) is -0.171. The predicted octanol–water partition coefficient (Wildman–Crippen LogP) is 3.76. The SMILES string of the molecule is Cc1cc(N2CCn3c(nnc3C(F)(F)F)C2)cnc1CNc1cccc2c(N)nccc12. The summed E-state index contributed by atoms with van der Waals surface area (Å²) in [6.45, 7) is 3.30. The summed E-state index contributed by atoms with van der Waals surface area (Å²) in [4.78, 5) is 10.7. The van der Waals surface area contributed by atoms with E-state index in [-0.39, 0.29) is 13.1 Å². The molecule has 0 atom stereocenters. The first-order valence-corrected chi connectivity index (χ1v) is 10.4. The third-order valence-electron chi connectivity index (χ3n) is 5.83. The summed E-state index contributed by atoms with van der Waals surface area (Å²) in [7, 11) is 0. The molecule has 0 saturated carbocycles. The molecule has 0 radical (unpaired) electrons. The van der Waals surface area contributed by atoms with Gasteiger partial charge in [-0.3, -0.25) is 4.98 Å². The monoisotopic (exact) mass is 454 g/mol. The molecule has 0 fully saturated rings. The lowest BCUT2D eigenvalue weighted by molar-refractivity contribution is -0.147. The van der Waals surface area contributed by atoms with Crippen LogP contribution in [0.5, 0.6) is 0 Å². The number of halogens is 3. The van der Waals surface area contributed by atoms with Gasteiger partial charge < -0.3 is 20.5 Å². The van der Waals surface area contributed by atoms with Crippen LogP contribution in [0.3, 0.4) is 0 Å². The molecule has 0 saturated heterocycles. The molecule has 33 heavy (non-hydrogen) atoms. The minimum Gasteiger partial charge on any atom is -0.383 e. The number of nitrogens with two attached hydrogens (primary N) is 1. The lowest BCUT2D eigenvalue weighted by Crippen LogP contribution is -2.35. The van der Waals surface area contributed by atoms with Crippen LogP contribution >= 0.6 is 0 Å². The van der Waals surface area contributed by atoms with Gasteiger partial charge in [-0.15, -0.1) is 10.2 Å². The van der Waals surface area contributed by atoms with Gasteiger partial charge in [-0.05, 0) is 30.7 Å². The normalized spacial score (nSPS) is 13.9. The Morgan fingerprint density at radius 3 is 2.73 bits per heavy atom. The van der Waals surface area contributed by atoms with Crippen molar-refractivity contribution in [1.29, 1.82) is 0 Å². The van der Waals surface area contributed by atoms with Gasteiger partial charge in [0.05, 0.1) is 30.7 Å². The molecule has 0 bridgehead atoms. The number of anilines is 3. The molecule has 11 heteroatoms. The third kappa shape index (κ3) is 3.90. The highest BCUT2D eigenvalue weighted by molar-refractivity contribution is 5.99. The van der Waals surface area contributed by atoms with Crippen molar-refractivity contribution in [2.45, 2.75) is 32.7 Å². The molecule has 0 aliphatic carbocycles. The predicted molar refractivity (Wildman–Crippen MR) is 119 cm³/mol. The van der Waals surface area contributed by atoms with Gasteiger partial charge in [-0.25, -0.2) is 4.98 Å². The summed E-state index contributed by atoms with van der Waals surface area (Å²) in [5.41, 5.74) is 9.59. The average Bonchev–Trinajstić information content (AvgIpc) is 3.22. The van der Waals surface area contributed by atoms with Crippen molar-refractivity contribution in [2.24, 2.45) is 0 Å². The standard InChI is InChI=1S/C22H21F3N8/c1-13-9-14(32-7-8-33-19(12-32)30-31-21(33)22(23,24)25)10-28-18(13)11-29-17-4-2-3-16-15(17)5-6-27-20(16)26/h2-6,9-10,29H,7-8,11-12H2,1H3,(H2,26,27). The van der Waals surface area contributed by atoms with Crippen molar-refractivity contribution in [3.8, 4) is 0 Å². The molecule has 1 aliphatic rings. The van der Waals surface area contributed by atoms with Crippen LogP contribution in [0.1, 0.15) is 22.9 Å². The third-order valence-corrected chi connectivity index (χ3v) is 5.83. The van der Waals surface area contributed by atoms with Crippen molar-refractivity contribution in [3.63, 3.8) is 0 Å². The van der Waals surface area contributed by atoms with Crippen LogP contribution < -0.4 is 16.0 Å². The molecule has 5 rings (SSSR count). The summed E-state index contributed by atoms with van der Waals surface area (Å²) in [6.07, 6.45) is -1.09. The molecule has 0 amide bonds. The van der Waals surface area contributed by atoms with E-state index in [2.05, 4.69) is 25.5 Å². The lowest BCUT2D eigenvalue weighted by Gasteiger charge is -2.30. The average molecular weight is 454 g/mol. The Hall–Kier alpha value is -3.89. The van der Waals surface area contributed by atoms with Gasteiger partial charge >= 0.3 is 6.18 Å². The highest BCUT2D eigenvalue weighted by Crippen LogP contribution is 2.31. The van der Waals surface area contributed by atoms with Crippen LogP contribution in [0.4, 0.5) is 30.4 Å². The van der Waals surface area contributed by atoms with Gasteiger partial charge in [-0.1, -0.05) is 12.1 Å². The Kier molecular flexibility index (Phi) is 5.03. The maximum absolute atomic E-state index is 13.1. The molecule has 8 nitrogen and oxygen atoms in total. The van der Waals surface area contributed by atoms with E-state index in [0.29, 0.717) is 24.7 Å². The number of nitrogens with zero attached hydrogens (tertiary/aromatic N) is 6. The molecule has 4 aromatic rings. The van der Waals surface area contributed by atoms with E-state index in [4.69, 9.17) is 5.73 Å². The molecule has 170 valence electrons. The van der Waals surface area contributed by atoms with Crippen LogP contribution in [0, 0.1) is 6.92 Å². The highest BCUT2D eigenvalue weighted by Gasteiger charge is 2.39. The number of aryl methyl sites for hydroxylation is 1. The Morgan fingerprint density at radius 2 is 1.94 bits per heavy atom. The molecule has 1 aliphatic heterocycles. The zero-order valence-electron chi connectivity index (χ0n) is 17.8. The molecule has 1 aromatic carbocycles. The minimum absolute atomic E-state index is 0.165. The van der Waals surface area contributed by atoms with Crippen molar-refractivity contribution >= 4 is 28.0 Å². The maximum Gasteiger partial charge on any atom is 0.451 e. The number of fused-ring (bicyclic) bond motifs is 2. The van der Waals surface area contributed by atoms with Crippen molar-refractivity contribution in [3.05, 3.63) is 65.6 Å². The molecule has 0 unspecified atom stereocenters. The smallest absolute Gasteiger partial charge is 0.383 e. The van der Waals surface area contributed by atoms with Crippen LogP contribution in [0.25, 0.3) is 10.8 Å². The van der Waals surface area contributed by atoms with Gasteiger partial charge in [-0.2, -0.15) is 13.2 Å². The molecular weight excluding hydrogens is 433 g/mol. The number of hydrogen-bond donors (Lipinski definition) is 2. The van der Waals surface area contributed by atoms with Crippen LogP contribution in [0.15, 0.2) is 42.7 Å². The quantitative estimate of drug-likeness (QED) is 0.485. The number of benzene rings is 1. The van der Waals surface area contributed by atoms with E-state index in [9.17, 15) is 13.2 Å². The summed E-state index contributed by atoms with van der Waals surface area (Å²) < 4.78 is 40.3. The summed E-state index contributed by atoms with van der Waals surface area (Å²) in [6, 6.07) is 9.73. The van der Waals surface area contributed by atoms with Crippen molar-refractivity contribution < 1.29 is 13.2 Å². The highest BCUT2D eigenvalue weighted by atomic mass is 19.4. The molecule has 3 aromatic heterocycles. The first-order valence-electron chi connectivity index (χ1n) is 10.4. The zero-order valence-corrected chi connectivity index (χ0v) is 17.8. The van der Waals surface area contributed by atoms with E-state index >= 15 is 0 Å². The van der Waals surface area contributed by atoms with Crippen LogP contribution in [-0.2, 0) is 25.8 Å². The second-order valence-electron chi connectivity index (χ2n) is 7.92. The van der Waals surface area contributed by atoms with Gasteiger partial charge in [0.25, 0.3) is 0 Å². The van der Waals surface area contributed by atoms with Gasteiger partial charge in [0.1, 0.15) is 5.82 Å². The van der Waals surface area contributed by atoms with E-state index < -0.39 is 12.0 Å². The van der Waals surface area contributed by atoms with E-state index in [1.54, 1.807) is 12.4 Å². The summed E-state index contributed by atoms with van der Waals surface area (Å²) >= 11 is 0. The molecule has 3 N–H and O–H groups in total. The van der Waals surface area contributed by atoms with E-state index in [0.717, 1.165) is 38.0 Å². The van der Waals surface area contributed by atoms with Gasteiger partial charge in [0.15, 0.2) is 5.82 Å². The number of hydrogen-bond acceptors (Lipinski definition) is 7. The van der Waals surface area contributed by atoms with E-state index in [1.807, 2.05) is 42.2 Å². The minimum atomic E-state index is -4.51. The molecule has 0 spiro atoms. The molecular formula is C22H21F3N8. The fourth-order valence-corrected chi connectivity index (χ4v) is 4.10. The van der Waals surface area contributed by atoms with Gasteiger partial charge in [0.2, 0.25) is 5.82 Å². The van der Waals surface area contributed by atoms with Crippen molar-refractivity contribution in [1.82, 2.24) is 24.7 Å². The Balaban J connectivity index is 1.32. The topological polar surface area (TPSA) is 97.8 Å². The molecule has 4 heterocycles. The zero-order chi connectivity index (χ0) is 23.2. The summed E-state index contributed by atoms with van der Waals surface area (Å²) in [5, 5.41) is 12.4. The Labute approximate surface area is 187 Å². The Morgan fingerprint density at radius 1 is 1.09 bits per heavy atom. The lowest BCUT2D eigenvalue weighted by atomic mass is 10.1. The Bertz CT molecular complexity index is 1330. The number of nitrogen functional groups attached to an aromatic ring is 1. The fourth-order valence-electron chi connectivity index (χ4n) is 4.10. The van der Waals surface area contributed by atoms with Crippen LogP contribution in [0.2, 0.25) is 0 Å². The fraction of sp³-hybridized carbons (Fsp3) is 0.273. The maximum atomic E-state index is 13.1. The second-order valence-corrected chi connectivity index (χ2v) is 7.92. The van der Waals surface area contributed by atoms with Crippen molar-refractivity contribution in [2.75, 3.05) is 22.5 Å². The number of aromatic nitrogens is 5. The first-order chi connectivity index (χ1) is 15.8. The first kappa shape index (κ1) is 21.0. The van der Waals surface area contributed by atoms with Gasteiger partial charge in [0, 0.05) is 35.7 Å². The van der Waals surface area contributed by atoms with E-state index in [1.165, 1.54) is 0 Å².